The lowest BCUT2D eigenvalue weighted by Gasteiger charge is -2.25. The Morgan fingerprint density at radius 3 is 2.33 bits per heavy atom. The van der Waals surface area contributed by atoms with Crippen LogP contribution < -0.4 is 10.1 Å². The summed E-state index contributed by atoms with van der Waals surface area (Å²) in [6.45, 7) is 10.2. The Hall–Kier alpha value is -1.22. The molecule has 0 atom stereocenters. The molecule has 1 rings (SSSR count). The van der Waals surface area contributed by atoms with Gasteiger partial charge in [-0.3, -0.25) is 0 Å². The lowest BCUT2D eigenvalue weighted by Crippen LogP contribution is -2.16. The topological polar surface area (TPSA) is 30.5 Å². The molecule has 0 aliphatic rings. The fourth-order valence-electron chi connectivity index (χ4n) is 1.97. The maximum Gasteiger partial charge on any atom is 0.145 e. The Morgan fingerprint density at radius 1 is 1.17 bits per heavy atom. The molecule has 0 spiro atoms. The van der Waals surface area contributed by atoms with Crippen molar-refractivity contribution >= 4 is 5.69 Å². The van der Waals surface area contributed by atoms with E-state index in [-0.39, 0.29) is 5.41 Å². The van der Waals surface area contributed by atoms with Crippen molar-refractivity contribution in [2.24, 2.45) is 0 Å². The van der Waals surface area contributed by atoms with E-state index in [1.807, 2.05) is 0 Å². The molecule has 0 aliphatic carbocycles. The van der Waals surface area contributed by atoms with Crippen molar-refractivity contribution in [1.82, 2.24) is 0 Å². The summed E-state index contributed by atoms with van der Waals surface area (Å²) in [6.07, 6.45) is 0. The number of ether oxygens (including phenoxy) is 2. The van der Waals surface area contributed by atoms with Gasteiger partial charge >= 0.3 is 0 Å². The minimum Gasteiger partial charge on any atom is -0.494 e. The average Bonchev–Trinajstić information content (AvgIpc) is 2.27. The molecule has 0 aromatic heterocycles. The van der Waals surface area contributed by atoms with E-state index in [1.165, 1.54) is 11.1 Å². The highest BCUT2D eigenvalue weighted by molar-refractivity contribution is 5.63. The number of hydrogen-bond acceptors (Lipinski definition) is 3. The zero-order valence-corrected chi connectivity index (χ0v) is 12.4. The smallest absolute Gasteiger partial charge is 0.145 e. The van der Waals surface area contributed by atoms with Gasteiger partial charge in [-0.25, -0.2) is 0 Å². The third-order valence-corrected chi connectivity index (χ3v) is 2.87. The van der Waals surface area contributed by atoms with Crippen molar-refractivity contribution in [1.29, 1.82) is 0 Å². The van der Waals surface area contributed by atoms with Crippen molar-refractivity contribution < 1.29 is 9.47 Å². The van der Waals surface area contributed by atoms with E-state index < -0.39 is 0 Å². The van der Waals surface area contributed by atoms with Crippen LogP contribution in [0.1, 0.15) is 31.9 Å². The number of rotatable bonds is 5. The van der Waals surface area contributed by atoms with Gasteiger partial charge in [0.1, 0.15) is 5.75 Å². The van der Waals surface area contributed by atoms with E-state index in [0.717, 1.165) is 18.0 Å². The molecule has 0 bridgehead atoms. The molecule has 0 radical (unpaired) electrons. The minimum atomic E-state index is 0.0645. The van der Waals surface area contributed by atoms with Crippen LogP contribution in [0.25, 0.3) is 0 Å². The molecular weight excluding hydrogens is 226 g/mol. The predicted octanol–water partition coefficient (Wildman–Crippen LogP) is 3.36. The number of methoxy groups -OCH3 is 2. The van der Waals surface area contributed by atoms with Crippen LogP contribution >= 0.6 is 0 Å². The van der Waals surface area contributed by atoms with E-state index >= 15 is 0 Å². The van der Waals surface area contributed by atoms with Gasteiger partial charge in [-0.1, -0.05) is 26.8 Å². The van der Waals surface area contributed by atoms with Crippen LogP contribution in [-0.4, -0.2) is 27.4 Å². The lowest BCUT2D eigenvalue weighted by atomic mass is 9.85. The molecule has 18 heavy (non-hydrogen) atoms. The molecule has 3 nitrogen and oxygen atoms in total. The van der Waals surface area contributed by atoms with Crippen molar-refractivity contribution in [3.8, 4) is 5.75 Å². The SMILES string of the molecule is COCCNc1cc(C)cc(C(C)(C)C)c1OC. The second-order valence-corrected chi connectivity index (χ2v) is 5.56. The highest BCUT2D eigenvalue weighted by Crippen LogP contribution is 2.37. The molecule has 1 aromatic rings. The molecule has 102 valence electrons. The molecule has 0 saturated carbocycles. The highest BCUT2D eigenvalue weighted by atomic mass is 16.5. The van der Waals surface area contributed by atoms with Crippen molar-refractivity contribution in [2.75, 3.05) is 32.7 Å². The van der Waals surface area contributed by atoms with Crippen LogP contribution in [0.4, 0.5) is 5.69 Å². The van der Waals surface area contributed by atoms with Gasteiger partial charge in [-0.05, 0) is 24.0 Å². The maximum absolute atomic E-state index is 5.59. The first-order chi connectivity index (χ1) is 8.40. The Bertz CT molecular complexity index is 394. The van der Waals surface area contributed by atoms with Gasteiger partial charge < -0.3 is 14.8 Å². The van der Waals surface area contributed by atoms with Crippen LogP contribution in [0.2, 0.25) is 0 Å². The summed E-state index contributed by atoms with van der Waals surface area (Å²) in [5.41, 5.74) is 3.57. The molecule has 3 heteroatoms. The minimum absolute atomic E-state index is 0.0645. The zero-order valence-electron chi connectivity index (χ0n) is 12.4. The van der Waals surface area contributed by atoms with Gasteiger partial charge in [0, 0.05) is 19.2 Å². The molecule has 1 N–H and O–H groups in total. The molecule has 0 unspecified atom stereocenters. The van der Waals surface area contributed by atoms with Crippen LogP contribution in [-0.2, 0) is 10.2 Å². The Morgan fingerprint density at radius 2 is 1.83 bits per heavy atom. The Kier molecular flexibility index (Phi) is 5.03. The summed E-state index contributed by atoms with van der Waals surface area (Å²) in [4.78, 5) is 0. The Balaban J connectivity index is 3.12. The fourth-order valence-corrected chi connectivity index (χ4v) is 1.97. The van der Waals surface area contributed by atoms with Gasteiger partial charge in [0.2, 0.25) is 0 Å². The second kappa shape index (κ2) is 6.10. The first-order valence-corrected chi connectivity index (χ1v) is 6.32. The number of hydrogen-bond donors (Lipinski definition) is 1. The fraction of sp³-hybridized carbons (Fsp3) is 0.600. The third kappa shape index (κ3) is 3.64. The third-order valence-electron chi connectivity index (χ3n) is 2.87. The standard InChI is InChI=1S/C15H25NO2/c1-11-9-12(15(2,3)4)14(18-6)13(10-11)16-7-8-17-5/h9-10,16H,7-8H2,1-6H3. The monoisotopic (exact) mass is 251 g/mol. The van der Waals surface area contributed by atoms with Gasteiger partial charge in [-0.2, -0.15) is 0 Å². The van der Waals surface area contributed by atoms with E-state index in [1.54, 1.807) is 14.2 Å². The molecule has 0 heterocycles. The number of anilines is 1. The van der Waals surface area contributed by atoms with Gasteiger partial charge in [0.25, 0.3) is 0 Å². The second-order valence-electron chi connectivity index (χ2n) is 5.56. The molecular formula is C15H25NO2. The quantitative estimate of drug-likeness (QED) is 0.814. The largest absolute Gasteiger partial charge is 0.494 e. The van der Waals surface area contributed by atoms with Crippen molar-refractivity contribution in [3.63, 3.8) is 0 Å². The lowest BCUT2D eigenvalue weighted by molar-refractivity contribution is 0.210. The summed E-state index contributed by atoms with van der Waals surface area (Å²) in [5, 5.41) is 3.37. The van der Waals surface area contributed by atoms with Gasteiger partial charge in [-0.15, -0.1) is 0 Å². The van der Waals surface area contributed by atoms with Crippen molar-refractivity contribution in [2.45, 2.75) is 33.1 Å². The van der Waals surface area contributed by atoms with E-state index in [4.69, 9.17) is 9.47 Å². The Labute approximate surface area is 110 Å². The maximum atomic E-state index is 5.59. The first-order valence-electron chi connectivity index (χ1n) is 6.32. The van der Waals surface area contributed by atoms with Crippen LogP contribution in [0.15, 0.2) is 12.1 Å². The summed E-state index contributed by atoms with van der Waals surface area (Å²) in [5.74, 6) is 0.934. The molecule has 0 fully saturated rings. The van der Waals surface area contributed by atoms with Gasteiger partial charge in [0.15, 0.2) is 0 Å². The van der Waals surface area contributed by atoms with Crippen LogP contribution in [0.5, 0.6) is 5.75 Å². The number of nitrogens with one attached hydrogen (secondary N) is 1. The summed E-state index contributed by atoms with van der Waals surface area (Å²) < 4.78 is 10.6. The molecule has 0 aliphatic heterocycles. The number of benzene rings is 1. The molecule has 1 aromatic carbocycles. The first kappa shape index (κ1) is 14.8. The highest BCUT2D eigenvalue weighted by Gasteiger charge is 2.21. The zero-order chi connectivity index (χ0) is 13.8. The van der Waals surface area contributed by atoms with Crippen LogP contribution in [0, 0.1) is 6.92 Å². The molecule has 0 saturated heterocycles. The van der Waals surface area contributed by atoms with E-state index in [2.05, 4.69) is 45.1 Å². The predicted molar refractivity (Wildman–Crippen MR) is 76.8 cm³/mol. The summed E-state index contributed by atoms with van der Waals surface area (Å²) in [7, 11) is 3.43. The van der Waals surface area contributed by atoms with Crippen molar-refractivity contribution in [3.05, 3.63) is 23.3 Å². The van der Waals surface area contributed by atoms with Crippen LogP contribution in [0.3, 0.4) is 0 Å². The normalized spacial score (nSPS) is 11.4. The van der Waals surface area contributed by atoms with E-state index in [0.29, 0.717) is 6.61 Å². The molecule has 0 amide bonds. The average molecular weight is 251 g/mol. The van der Waals surface area contributed by atoms with Gasteiger partial charge in [0.05, 0.1) is 19.4 Å². The summed E-state index contributed by atoms with van der Waals surface area (Å²) >= 11 is 0. The van der Waals surface area contributed by atoms with E-state index in [9.17, 15) is 0 Å². The number of aryl methyl sites for hydroxylation is 1. The summed E-state index contributed by atoms with van der Waals surface area (Å²) in [6, 6.07) is 4.31.